The Balaban J connectivity index is 1.84. The van der Waals surface area contributed by atoms with Crippen molar-refractivity contribution < 1.29 is 0 Å². The van der Waals surface area contributed by atoms with Crippen LogP contribution in [-0.2, 0) is 0 Å². The van der Waals surface area contributed by atoms with Crippen molar-refractivity contribution in [2.24, 2.45) is 0 Å². The Morgan fingerprint density at radius 1 is 1.50 bits per heavy atom. The van der Waals surface area contributed by atoms with Crippen LogP contribution in [-0.4, -0.2) is 40.5 Å². The normalized spacial score (nSPS) is 17.8. The molecule has 0 bridgehead atoms. The fourth-order valence-corrected chi connectivity index (χ4v) is 1.54. The van der Waals surface area contributed by atoms with Crippen LogP contribution in [0.25, 0.3) is 0 Å². The zero-order valence-corrected chi connectivity index (χ0v) is 8.27. The molecule has 0 aromatic carbocycles. The Bertz CT molecular complexity index is 291. The fraction of sp³-hybridized carbons (Fsp3) is 0.556. The Morgan fingerprint density at radius 2 is 2.29 bits per heavy atom. The van der Waals surface area contributed by atoms with Gasteiger partial charge < -0.3 is 11.1 Å². The highest BCUT2D eigenvalue weighted by Gasteiger charge is 2.24. The third kappa shape index (κ3) is 1.93. The molecule has 0 amide bonds. The fourth-order valence-electron chi connectivity index (χ4n) is 1.54. The minimum absolute atomic E-state index is 0.458. The van der Waals surface area contributed by atoms with Crippen molar-refractivity contribution in [1.29, 1.82) is 0 Å². The predicted molar refractivity (Wildman–Crippen MR) is 56.0 cm³/mol. The predicted octanol–water partition coefficient (Wildman–Crippen LogP) is 0.175. The van der Waals surface area contributed by atoms with E-state index in [9.17, 15) is 0 Å². The smallest absolute Gasteiger partial charge is 0.144 e. The number of nitrogens with two attached hydrogens (primary N) is 1. The van der Waals surface area contributed by atoms with Gasteiger partial charge in [0.15, 0.2) is 0 Å². The lowest BCUT2D eigenvalue weighted by atomic mass is 10.1. The first-order valence-corrected chi connectivity index (χ1v) is 4.84. The second kappa shape index (κ2) is 3.79. The Hall–Kier alpha value is -1.36. The van der Waals surface area contributed by atoms with Gasteiger partial charge in [-0.25, -0.2) is 9.97 Å². The molecule has 5 nitrogen and oxygen atoms in total. The van der Waals surface area contributed by atoms with Gasteiger partial charge in [0.25, 0.3) is 0 Å². The van der Waals surface area contributed by atoms with Gasteiger partial charge in [-0.3, -0.25) is 4.90 Å². The van der Waals surface area contributed by atoms with Crippen LogP contribution in [0.1, 0.15) is 6.92 Å². The summed E-state index contributed by atoms with van der Waals surface area (Å²) in [6.45, 7) is 5.45. The SMILES string of the molecule is CCN1CC(Nc2cnc(N)cn2)C1. The van der Waals surface area contributed by atoms with Crippen LogP contribution >= 0.6 is 0 Å². The Labute approximate surface area is 83.3 Å². The summed E-state index contributed by atoms with van der Waals surface area (Å²) < 4.78 is 0. The second-order valence-electron chi connectivity index (χ2n) is 3.52. The molecule has 0 saturated carbocycles. The summed E-state index contributed by atoms with van der Waals surface area (Å²) in [5.74, 6) is 1.26. The maximum absolute atomic E-state index is 5.44. The summed E-state index contributed by atoms with van der Waals surface area (Å²) in [5.41, 5.74) is 5.44. The molecule has 1 aromatic heterocycles. The van der Waals surface area contributed by atoms with Crippen LogP contribution in [0, 0.1) is 0 Å². The molecule has 1 fully saturated rings. The first-order valence-electron chi connectivity index (χ1n) is 4.84. The number of nitrogen functional groups attached to an aromatic ring is 1. The summed E-state index contributed by atoms with van der Waals surface area (Å²) in [6.07, 6.45) is 3.24. The van der Waals surface area contributed by atoms with Crippen molar-refractivity contribution >= 4 is 11.6 Å². The number of likely N-dealkylation sites (tertiary alicyclic amines) is 1. The molecule has 1 saturated heterocycles. The van der Waals surface area contributed by atoms with Gasteiger partial charge in [-0.05, 0) is 6.54 Å². The van der Waals surface area contributed by atoms with E-state index in [4.69, 9.17) is 5.73 Å². The highest BCUT2D eigenvalue weighted by Crippen LogP contribution is 2.12. The van der Waals surface area contributed by atoms with Crippen LogP contribution < -0.4 is 11.1 Å². The van der Waals surface area contributed by atoms with Crippen LogP contribution in [0.5, 0.6) is 0 Å². The molecule has 0 radical (unpaired) electrons. The average Bonchev–Trinajstić information content (AvgIpc) is 2.13. The minimum Gasteiger partial charge on any atom is -0.382 e. The van der Waals surface area contributed by atoms with Crippen molar-refractivity contribution in [3.05, 3.63) is 12.4 Å². The Kier molecular flexibility index (Phi) is 2.49. The molecule has 2 heterocycles. The van der Waals surface area contributed by atoms with Crippen molar-refractivity contribution in [2.75, 3.05) is 30.7 Å². The largest absolute Gasteiger partial charge is 0.382 e. The van der Waals surface area contributed by atoms with E-state index in [1.165, 1.54) is 0 Å². The average molecular weight is 193 g/mol. The number of anilines is 2. The van der Waals surface area contributed by atoms with Gasteiger partial charge >= 0.3 is 0 Å². The minimum atomic E-state index is 0.458. The van der Waals surface area contributed by atoms with E-state index in [2.05, 4.69) is 27.1 Å². The molecular formula is C9H15N5. The number of rotatable bonds is 3. The molecule has 0 spiro atoms. The number of aromatic nitrogens is 2. The van der Waals surface area contributed by atoms with Crippen LogP contribution in [0.4, 0.5) is 11.6 Å². The first kappa shape index (κ1) is 9.21. The van der Waals surface area contributed by atoms with Crippen LogP contribution in [0.3, 0.4) is 0 Å². The zero-order chi connectivity index (χ0) is 9.97. The number of nitrogens with one attached hydrogen (secondary N) is 1. The molecule has 0 atom stereocenters. The van der Waals surface area contributed by atoms with E-state index in [1.807, 2.05) is 0 Å². The number of likely N-dealkylation sites (N-methyl/N-ethyl adjacent to an activating group) is 1. The molecule has 1 aliphatic heterocycles. The van der Waals surface area contributed by atoms with Crippen LogP contribution in [0.2, 0.25) is 0 Å². The zero-order valence-electron chi connectivity index (χ0n) is 8.27. The summed E-state index contributed by atoms with van der Waals surface area (Å²) in [6, 6.07) is 0.507. The molecule has 1 aliphatic rings. The van der Waals surface area contributed by atoms with Gasteiger partial charge in [0.1, 0.15) is 11.6 Å². The van der Waals surface area contributed by atoms with Crippen LogP contribution in [0.15, 0.2) is 12.4 Å². The lowest BCUT2D eigenvalue weighted by molar-refractivity contribution is 0.171. The highest BCUT2D eigenvalue weighted by atomic mass is 15.3. The maximum atomic E-state index is 5.44. The topological polar surface area (TPSA) is 67.1 Å². The monoisotopic (exact) mass is 193 g/mol. The first-order chi connectivity index (χ1) is 6.78. The van der Waals surface area contributed by atoms with Crippen molar-refractivity contribution in [2.45, 2.75) is 13.0 Å². The van der Waals surface area contributed by atoms with Crippen molar-refractivity contribution in [3.8, 4) is 0 Å². The summed E-state index contributed by atoms with van der Waals surface area (Å²) in [7, 11) is 0. The van der Waals surface area contributed by atoms with Gasteiger partial charge in [0.2, 0.25) is 0 Å². The molecule has 76 valence electrons. The lowest BCUT2D eigenvalue weighted by Gasteiger charge is -2.38. The lowest BCUT2D eigenvalue weighted by Crippen LogP contribution is -2.54. The van der Waals surface area contributed by atoms with Gasteiger partial charge in [-0.15, -0.1) is 0 Å². The van der Waals surface area contributed by atoms with E-state index in [0.29, 0.717) is 11.9 Å². The summed E-state index contributed by atoms with van der Waals surface area (Å²) in [5, 5.41) is 3.30. The van der Waals surface area contributed by atoms with Gasteiger partial charge in [-0.2, -0.15) is 0 Å². The van der Waals surface area contributed by atoms with Crippen molar-refractivity contribution in [1.82, 2.24) is 14.9 Å². The third-order valence-electron chi connectivity index (χ3n) is 2.43. The molecule has 0 unspecified atom stereocenters. The van der Waals surface area contributed by atoms with Gasteiger partial charge in [0.05, 0.1) is 18.4 Å². The molecule has 5 heteroatoms. The molecule has 3 N–H and O–H groups in total. The molecular weight excluding hydrogens is 178 g/mol. The van der Waals surface area contributed by atoms with E-state index >= 15 is 0 Å². The van der Waals surface area contributed by atoms with E-state index < -0.39 is 0 Å². The standard InChI is InChI=1S/C9H15N5/c1-2-14-5-7(6-14)13-9-4-11-8(10)3-12-9/h3-4,7H,2,5-6H2,1H3,(H2,10,11)(H,12,13). The second-order valence-corrected chi connectivity index (χ2v) is 3.52. The molecule has 1 aromatic rings. The van der Waals surface area contributed by atoms with Gasteiger partial charge in [-0.1, -0.05) is 6.92 Å². The third-order valence-corrected chi connectivity index (χ3v) is 2.43. The van der Waals surface area contributed by atoms with E-state index in [0.717, 1.165) is 25.5 Å². The maximum Gasteiger partial charge on any atom is 0.144 e. The van der Waals surface area contributed by atoms with E-state index in [-0.39, 0.29) is 0 Å². The molecule has 0 aliphatic carbocycles. The van der Waals surface area contributed by atoms with Crippen molar-refractivity contribution in [3.63, 3.8) is 0 Å². The number of hydrogen-bond acceptors (Lipinski definition) is 5. The summed E-state index contributed by atoms with van der Waals surface area (Å²) in [4.78, 5) is 10.5. The van der Waals surface area contributed by atoms with E-state index in [1.54, 1.807) is 12.4 Å². The number of hydrogen-bond donors (Lipinski definition) is 2. The molecule has 14 heavy (non-hydrogen) atoms. The number of nitrogens with zero attached hydrogens (tertiary/aromatic N) is 3. The van der Waals surface area contributed by atoms with Gasteiger partial charge in [0, 0.05) is 13.1 Å². The highest BCUT2D eigenvalue weighted by molar-refractivity contribution is 5.37. The molecule has 2 rings (SSSR count). The quantitative estimate of drug-likeness (QED) is 0.716. The summed E-state index contributed by atoms with van der Waals surface area (Å²) >= 11 is 0. The Morgan fingerprint density at radius 3 is 2.86 bits per heavy atom.